The molecule has 5 nitrogen and oxygen atoms in total. The zero-order valence-electron chi connectivity index (χ0n) is 16.8. The van der Waals surface area contributed by atoms with Crippen LogP contribution < -0.4 is 10.6 Å². The predicted octanol–water partition coefficient (Wildman–Crippen LogP) is 3.19. The maximum Gasteiger partial charge on any atom is 0.416 e. The molecule has 0 fully saturated rings. The average molecular weight is 419 g/mol. The Labute approximate surface area is 169 Å². The molecule has 0 saturated heterocycles. The monoisotopic (exact) mass is 418 g/mol. The fourth-order valence-corrected chi connectivity index (χ4v) is 2.64. The van der Waals surface area contributed by atoms with Crippen LogP contribution in [0.1, 0.15) is 30.4 Å². The smallest absolute Gasteiger partial charge is 0.356 e. The van der Waals surface area contributed by atoms with Gasteiger partial charge in [-0.1, -0.05) is 25.1 Å². The van der Waals surface area contributed by atoms with E-state index in [1.165, 1.54) is 17.0 Å². The Morgan fingerprint density at radius 3 is 2.54 bits per heavy atom. The van der Waals surface area contributed by atoms with Crippen LogP contribution >= 0.6 is 11.8 Å². The lowest BCUT2D eigenvalue weighted by molar-refractivity contribution is -0.137. The van der Waals surface area contributed by atoms with E-state index in [0.29, 0.717) is 31.0 Å². The highest BCUT2D eigenvalue weighted by Gasteiger charge is 2.30. The predicted molar refractivity (Wildman–Crippen MR) is 110 cm³/mol. The van der Waals surface area contributed by atoms with Crippen LogP contribution in [0, 0.1) is 0 Å². The van der Waals surface area contributed by atoms with Crippen molar-refractivity contribution in [3.8, 4) is 0 Å². The van der Waals surface area contributed by atoms with Gasteiger partial charge in [-0.05, 0) is 30.2 Å². The number of benzene rings is 1. The number of amides is 1. The fraction of sp³-hybridized carbons (Fsp3) is 0.579. The summed E-state index contributed by atoms with van der Waals surface area (Å²) < 4.78 is 38.6. The second kappa shape index (κ2) is 11.8. The van der Waals surface area contributed by atoms with E-state index in [9.17, 15) is 18.0 Å². The summed E-state index contributed by atoms with van der Waals surface area (Å²) in [5.41, 5.74) is 0.0150. The van der Waals surface area contributed by atoms with E-state index in [4.69, 9.17) is 0 Å². The largest absolute Gasteiger partial charge is 0.416 e. The van der Waals surface area contributed by atoms with E-state index in [2.05, 4.69) is 15.6 Å². The van der Waals surface area contributed by atoms with E-state index < -0.39 is 11.7 Å². The molecule has 158 valence electrons. The summed E-state index contributed by atoms with van der Waals surface area (Å²) in [6.07, 6.45) is -1.71. The molecule has 0 aliphatic heterocycles. The van der Waals surface area contributed by atoms with Crippen LogP contribution in [0.25, 0.3) is 0 Å². The number of likely N-dealkylation sites (N-methyl/N-ethyl adjacent to an activating group) is 1. The number of thioether (sulfide) groups is 1. The summed E-state index contributed by atoms with van der Waals surface area (Å²) in [5, 5.41) is 6.31. The number of guanidine groups is 1. The first-order valence-corrected chi connectivity index (χ1v) is 10.4. The molecule has 0 aliphatic carbocycles. The maximum atomic E-state index is 12.9. The normalized spacial score (nSPS) is 13.2. The summed E-state index contributed by atoms with van der Waals surface area (Å²) in [4.78, 5) is 17.5. The third kappa shape index (κ3) is 8.86. The zero-order chi connectivity index (χ0) is 21.2. The van der Waals surface area contributed by atoms with E-state index in [-0.39, 0.29) is 18.4 Å². The fourth-order valence-electron chi connectivity index (χ4n) is 2.33. The van der Waals surface area contributed by atoms with Crippen LogP contribution in [0.5, 0.6) is 0 Å². The third-order valence-corrected chi connectivity index (χ3v) is 4.74. The minimum Gasteiger partial charge on any atom is -0.356 e. The first-order chi connectivity index (χ1) is 13.1. The van der Waals surface area contributed by atoms with Gasteiger partial charge in [0, 0.05) is 32.9 Å². The summed E-state index contributed by atoms with van der Waals surface area (Å²) in [7, 11) is 3.34. The molecule has 0 aliphatic rings. The molecule has 2 N–H and O–H groups in total. The number of halogens is 3. The lowest BCUT2D eigenvalue weighted by atomic mass is 9.96. The Hall–Kier alpha value is -1.90. The summed E-state index contributed by atoms with van der Waals surface area (Å²) in [5.74, 6) is 1.26. The van der Waals surface area contributed by atoms with Crippen molar-refractivity contribution in [1.29, 1.82) is 0 Å². The van der Waals surface area contributed by atoms with Crippen LogP contribution in [0.15, 0.2) is 29.3 Å². The van der Waals surface area contributed by atoms with Crippen LogP contribution in [-0.4, -0.2) is 62.5 Å². The standard InChI is InChI=1S/C19H29F3N4OS/c1-14(15-6-5-7-16(12-15)19(20,21)22)8-9-23-18(24-10-11-28-4)25-13-17(27)26(2)3/h5-7,12,14H,8-11,13H2,1-4H3,(H2,23,24,25). The minimum atomic E-state index is -4.34. The number of nitrogens with one attached hydrogen (secondary N) is 2. The molecular weight excluding hydrogens is 389 g/mol. The SMILES string of the molecule is CSCCNC(=NCC(=O)N(C)C)NCCC(C)c1cccc(C(F)(F)F)c1. The summed E-state index contributed by atoms with van der Waals surface area (Å²) in [6.45, 7) is 3.15. The molecule has 1 amide bonds. The van der Waals surface area contributed by atoms with Crippen molar-refractivity contribution < 1.29 is 18.0 Å². The van der Waals surface area contributed by atoms with Crippen LogP contribution in [0.2, 0.25) is 0 Å². The van der Waals surface area contributed by atoms with Crippen molar-refractivity contribution in [3.05, 3.63) is 35.4 Å². The van der Waals surface area contributed by atoms with Crippen LogP contribution in [-0.2, 0) is 11.0 Å². The van der Waals surface area contributed by atoms with Crippen molar-refractivity contribution >= 4 is 23.6 Å². The molecule has 1 aromatic rings. The van der Waals surface area contributed by atoms with Crippen LogP contribution in [0.3, 0.4) is 0 Å². The molecular formula is C19H29F3N4OS. The Balaban J connectivity index is 2.64. The number of carbonyl (C=O) groups is 1. The quantitative estimate of drug-likeness (QED) is 0.367. The van der Waals surface area contributed by atoms with Gasteiger partial charge in [-0.15, -0.1) is 0 Å². The second-order valence-electron chi connectivity index (χ2n) is 6.61. The molecule has 9 heteroatoms. The Morgan fingerprint density at radius 2 is 1.93 bits per heavy atom. The number of hydrogen-bond donors (Lipinski definition) is 2. The van der Waals surface area contributed by atoms with E-state index in [0.717, 1.165) is 11.8 Å². The second-order valence-corrected chi connectivity index (χ2v) is 7.60. The van der Waals surface area contributed by atoms with Gasteiger partial charge in [0.15, 0.2) is 5.96 Å². The highest BCUT2D eigenvalue weighted by atomic mass is 32.2. The van der Waals surface area contributed by atoms with Crippen molar-refractivity contribution in [1.82, 2.24) is 15.5 Å². The van der Waals surface area contributed by atoms with Gasteiger partial charge in [0.25, 0.3) is 0 Å². The molecule has 1 aromatic carbocycles. The van der Waals surface area contributed by atoms with Crippen molar-refractivity contribution in [3.63, 3.8) is 0 Å². The van der Waals surface area contributed by atoms with E-state index in [1.54, 1.807) is 31.9 Å². The van der Waals surface area contributed by atoms with E-state index in [1.807, 2.05) is 13.2 Å². The molecule has 0 spiro atoms. The number of rotatable bonds is 9. The topological polar surface area (TPSA) is 56.7 Å². The molecule has 0 aromatic heterocycles. The first-order valence-electron chi connectivity index (χ1n) is 9.03. The van der Waals surface area contributed by atoms with Gasteiger partial charge in [-0.3, -0.25) is 4.79 Å². The Bertz CT molecular complexity index is 650. The molecule has 0 radical (unpaired) electrons. The number of aliphatic imine (C=N–C) groups is 1. The number of hydrogen-bond acceptors (Lipinski definition) is 3. The molecule has 0 saturated carbocycles. The average Bonchev–Trinajstić information content (AvgIpc) is 2.64. The minimum absolute atomic E-state index is 0.0325. The summed E-state index contributed by atoms with van der Waals surface area (Å²) in [6, 6.07) is 5.43. The Kier molecular flexibility index (Phi) is 10.2. The van der Waals surface area contributed by atoms with Gasteiger partial charge in [-0.2, -0.15) is 24.9 Å². The van der Waals surface area contributed by atoms with E-state index >= 15 is 0 Å². The molecule has 0 heterocycles. The van der Waals surface area contributed by atoms with Gasteiger partial charge in [0.05, 0.1) is 5.56 Å². The number of nitrogens with zero attached hydrogens (tertiary/aromatic N) is 2. The van der Waals surface area contributed by atoms with Gasteiger partial charge < -0.3 is 15.5 Å². The van der Waals surface area contributed by atoms with Gasteiger partial charge in [0.1, 0.15) is 6.54 Å². The highest BCUT2D eigenvalue weighted by molar-refractivity contribution is 7.98. The lowest BCUT2D eigenvalue weighted by Gasteiger charge is -2.17. The third-order valence-electron chi connectivity index (χ3n) is 4.12. The molecule has 28 heavy (non-hydrogen) atoms. The molecule has 1 rings (SSSR count). The maximum absolute atomic E-state index is 12.9. The molecule has 0 bridgehead atoms. The molecule has 1 unspecified atom stereocenters. The zero-order valence-corrected chi connectivity index (χ0v) is 17.6. The first kappa shape index (κ1) is 24.1. The van der Waals surface area contributed by atoms with Crippen molar-refractivity contribution in [2.75, 3.05) is 45.7 Å². The highest BCUT2D eigenvalue weighted by Crippen LogP contribution is 2.31. The van der Waals surface area contributed by atoms with Gasteiger partial charge in [0.2, 0.25) is 5.91 Å². The van der Waals surface area contributed by atoms with Crippen LogP contribution in [0.4, 0.5) is 13.2 Å². The number of alkyl halides is 3. The molecule has 1 atom stereocenters. The lowest BCUT2D eigenvalue weighted by Crippen LogP contribution is -2.40. The Morgan fingerprint density at radius 1 is 1.25 bits per heavy atom. The van der Waals surface area contributed by atoms with Crippen molar-refractivity contribution in [2.45, 2.75) is 25.4 Å². The summed E-state index contributed by atoms with van der Waals surface area (Å²) >= 11 is 1.69. The van der Waals surface area contributed by atoms with Crippen molar-refractivity contribution in [2.24, 2.45) is 4.99 Å². The van der Waals surface area contributed by atoms with Gasteiger partial charge in [-0.25, -0.2) is 4.99 Å². The van der Waals surface area contributed by atoms with Gasteiger partial charge >= 0.3 is 6.18 Å². The number of carbonyl (C=O) groups excluding carboxylic acids is 1.